The minimum absolute atomic E-state index is 0.111. The molecule has 0 radical (unpaired) electrons. The number of aromatic nitrogens is 1. The van der Waals surface area contributed by atoms with Gasteiger partial charge in [0.25, 0.3) is 0 Å². The lowest BCUT2D eigenvalue weighted by atomic mass is 9.72. The lowest BCUT2D eigenvalue weighted by Crippen LogP contribution is -2.51. The van der Waals surface area contributed by atoms with Gasteiger partial charge in [-0.1, -0.05) is 18.2 Å². The van der Waals surface area contributed by atoms with E-state index >= 15 is 0 Å². The first kappa shape index (κ1) is 14.6. The second-order valence-corrected chi connectivity index (χ2v) is 7.52. The predicted octanol–water partition coefficient (Wildman–Crippen LogP) is 3.00. The molecule has 0 spiro atoms. The number of aliphatic hydroxyl groups is 1. The molecule has 5 rings (SSSR count). The van der Waals surface area contributed by atoms with Gasteiger partial charge >= 0.3 is 0 Å². The van der Waals surface area contributed by atoms with E-state index in [0.29, 0.717) is 17.9 Å². The van der Waals surface area contributed by atoms with Gasteiger partial charge in [0.1, 0.15) is 0 Å². The number of hydrogen-bond acceptors (Lipinski definition) is 3. The Morgan fingerprint density at radius 2 is 2.21 bits per heavy atom. The average molecular weight is 324 g/mol. The van der Waals surface area contributed by atoms with Crippen LogP contribution in [0.2, 0.25) is 0 Å². The van der Waals surface area contributed by atoms with Gasteiger partial charge in [-0.15, -0.1) is 0 Å². The van der Waals surface area contributed by atoms with E-state index in [0.717, 1.165) is 31.5 Å². The zero-order valence-corrected chi connectivity index (χ0v) is 14.0. The van der Waals surface area contributed by atoms with Gasteiger partial charge in [0, 0.05) is 35.6 Å². The van der Waals surface area contributed by atoms with Crippen LogP contribution in [0.25, 0.3) is 10.9 Å². The monoisotopic (exact) mass is 324 g/mol. The number of para-hydroxylation sites is 1. The van der Waals surface area contributed by atoms with Crippen LogP contribution in [0.5, 0.6) is 0 Å². The van der Waals surface area contributed by atoms with Crippen molar-refractivity contribution in [1.82, 2.24) is 9.88 Å². The molecule has 4 atom stereocenters. The largest absolute Gasteiger partial charge is 0.498 e. The topological polar surface area (TPSA) is 48.5 Å². The SMILES string of the molecule is C[C@@H]1OC=C(CO)C2CC3c4[nH]c5ccccc5c4CCN3C[C@@H]21. The van der Waals surface area contributed by atoms with Crippen LogP contribution in [-0.2, 0) is 11.2 Å². The molecule has 0 amide bonds. The van der Waals surface area contributed by atoms with Crippen molar-refractivity contribution in [3.63, 3.8) is 0 Å². The number of hydrogen-bond donors (Lipinski definition) is 2. The highest BCUT2D eigenvalue weighted by Gasteiger charge is 2.44. The zero-order valence-electron chi connectivity index (χ0n) is 14.0. The number of fused-ring (bicyclic) bond motifs is 6. The highest BCUT2D eigenvalue weighted by atomic mass is 16.5. The van der Waals surface area contributed by atoms with Crippen LogP contribution in [0.1, 0.15) is 30.6 Å². The number of nitrogens with zero attached hydrogens (tertiary/aromatic N) is 1. The van der Waals surface area contributed by atoms with Crippen LogP contribution in [0.3, 0.4) is 0 Å². The molecule has 0 saturated carbocycles. The maximum absolute atomic E-state index is 9.75. The van der Waals surface area contributed by atoms with Gasteiger partial charge in [0.2, 0.25) is 0 Å². The van der Waals surface area contributed by atoms with Crippen molar-refractivity contribution in [1.29, 1.82) is 0 Å². The van der Waals surface area contributed by atoms with Crippen LogP contribution in [-0.4, -0.2) is 40.8 Å². The number of benzene rings is 1. The molecular weight excluding hydrogens is 300 g/mol. The van der Waals surface area contributed by atoms with E-state index in [2.05, 4.69) is 41.1 Å². The van der Waals surface area contributed by atoms with Crippen molar-refractivity contribution in [2.45, 2.75) is 31.9 Å². The summed E-state index contributed by atoms with van der Waals surface area (Å²) in [6.07, 6.45) is 4.24. The van der Waals surface area contributed by atoms with Crippen LogP contribution in [0, 0.1) is 11.8 Å². The lowest BCUT2D eigenvalue weighted by Gasteiger charge is -2.49. The number of rotatable bonds is 1. The van der Waals surface area contributed by atoms with Crippen molar-refractivity contribution in [2.24, 2.45) is 11.8 Å². The van der Waals surface area contributed by atoms with Gasteiger partial charge in [0.05, 0.1) is 25.0 Å². The highest BCUT2D eigenvalue weighted by molar-refractivity contribution is 5.85. The molecule has 4 heteroatoms. The number of aliphatic hydroxyl groups excluding tert-OH is 1. The summed E-state index contributed by atoms with van der Waals surface area (Å²) < 4.78 is 5.79. The summed E-state index contributed by atoms with van der Waals surface area (Å²) in [6.45, 7) is 4.46. The molecule has 1 aromatic heterocycles. The van der Waals surface area contributed by atoms with Crippen molar-refractivity contribution in [3.05, 3.63) is 47.4 Å². The maximum Gasteiger partial charge on any atom is 0.0996 e. The fourth-order valence-electron chi connectivity index (χ4n) is 5.11. The second-order valence-electron chi connectivity index (χ2n) is 7.52. The smallest absolute Gasteiger partial charge is 0.0996 e. The number of aromatic amines is 1. The number of ether oxygens (including phenoxy) is 1. The molecule has 2 unspecified atom stereocenters. The Labute approximate surface area is 142 Å². The quantitative estimate of drug-likeness (QED) is 0.848. The van der Waals surface area contributed by atoms with Gasteiger partial charge in [-0.05, 0) is 42.9 Å². The van der Waals surface area contributed by atoms with E-state index in [-0.39, 0.29) is 12.7 Å². The standard InChI is InChI=1S/C20H24N2O2/c1-12-17-9-22-7-6-15-14-4-2-3-5-18(14)21-20(15)19(22)8-16(17)13(10-23)11-24-12/h2-5,11-12,16-17,19,21,23H,6-10H2,1H3/t12-,16?,17+,19?/m0/s1. The predicted molar refractivity (Wildman–Crippen MR) is 93.6 cm³/mol. The molecule has 24 heavy (non-hydrogen) atoms. The van der Waals surface area contributed by atoms with E-state index in [1.807, 2.05) is 6.26 Å². The molecular formula is C20H24N2O2. The Hall–Kier alpha value is -1.78. The zero-order chi connectivity index (χ0) is 16.3. The summed E-state index contributed by atoms with van der Waals surface area (Å²) in [6, 6.07) is 9.08. The van der Waals surface area contributed by atoms with E-state index in [9.17, 15) is 5.11 Å². The third-order valence-corrected chi connectivity index (χ3v) is 6.40. The molecule has 1 aromatic carbocycles. The maximum atomic E-state index is 9.75. The van der Waals surface area contributed by atoms with Crippen molar-refractivity contribution < 1.29 is 9.84 Å². The molecule has 4 nitrogen and oxygen atoms in total. The molecule has 4 heterocycles. The molecule has 1 fully saturated rings. The van der Waals surface area contributed by atoms with E-state index in [1.165, 1.54) is 22.2 Å². The van der Waals surface area contributed by atoms with Gasteiger partial charge < -0.3 is 14.8 Å². The summed E-state index contributed by atoms with van der Waals surface area (Å²) >= 11 is 0. The van der Waals surface area contributed by atoms with Crippen LogP contribution in [0.4, 0.5) is 0 Å². The lowest BCUT2D eigenvalue weighted by molar-refractivity contribution is -0.0268. The van der Waals surface area contributed by atoms with Gasteiger partial charge in [-0.2, -0.15) is 0 Å². The summed E-state index contributed by atoms with van der Waals surface area (Å²) in [7, 11) is 0. The Morgan fingerprint density at radius 1 is 1.33 bits per heavy atom. The fraction of sp³-hybridized carbons (Fsp3) is 0.500. The molecule has 2 N–H and O–H groups in total. The Morgan fingerprint density at radius 3 is 3.08 bits per heavy atom. The highest BCUT2D eigenvalue weighted by Crippen LogP contribution is 2.47. The number of piperidine rings is 1. The third-order valence-electron chi connectivity index (χ3n) is 6.40. The Balaban J connectivity index is 1.56. The normalized spacial score (nSPS) is 32.5. The van der Waals surface area contributed by atoms with Gasteiger partial charge in [0.15, 0.2) is 0 Å². The molecule has 2 aromatic rings. The first-order valence-corrected chi connectivity index (χ1v) is 9.05. The Kier molecular flexibility index (Phi) is 3.25. The molecule has 3 aliphatic heterocycles. The van der Waals surface area contributed by atoms with Crippen molar-refractivity contribution >= 4 is 10.9 Å². The summed E-state index contributed by atoms with van der Waals surface area (Å²) in [4.78, 5) is 6.32. The third kappa shape index (κ3) is 1.99. The molecule has 3 aliphatic rings. The molecule has 1 saturated heterocycles. The molecule has 126 valence electrons. The van der Waals surface area contributed by atoms with Crippen molar-refractivity contribution in [3.8, 4) is 0 Å². The summed E-state index contributed by atoms with van der Waals surface area (Å²) in [5, 5.41) is 11.1. The van der Waals surface area contributed by atoms with E-state index in [4.69, 9.17) is 4.74 Å². The van der Waals surface area contributed by atoms with Gasteiger partial charge in [-0.25, -0.2) is 0 Å². The minimum Gasteiger partial charge on any atom is -0.498 e. The first-order chi connectivity index (χ1) is 11.8. The second kappa shape index (κ2) is 5.36. The summed E-state index contributed by atoms with van der Waals surface area (Å²) in [5.74, 6) is 0.914. The summed E-state index contributed by atoms with van der Waals surface area (Å²) in [5.41, 5.74) is 5.22. The molecule has 0 bridgehead atoms. The Bertz CT molecular complexity index is 809. The number of H-pyrrole nitrogens is 1. The van der Waals surface area contributed by atoms with Crippen LogP contribution in [0.15, 0.2) is 36.1 Å². The average Bonchev–Trinajstić information content (AvgIpc) is 3.00. The van der Waals surface area contributed by atoms with E-state index < -0.39 is 0 Å². The van der Waals surface area contributed by atoms with Gasteiger partial charge in [-0.3, -0.25) is 4.90 Å². The van der Waals surface area contributed by atoms with Crippen LogP contribution >= 0.6 is 0 Å². The molecule has 0 aliphatic carbocycles. The van der Waals surface area contributed by atoms with Crippen LogP contribution < -0.4 is 0 Å². The number of nitrogens with one attached hydrogen (secondary N) is 1. The first-order valence-electron chi connectivity index (χ1n) is 9.05. The van der Waals surface area contributed by atoms with Crippen molar-refractivity contribution in [2.75, 3.05) is 19.7 Å². The fourth-order valence-corrected chi connectivity index (χ4v) is 5.11. The minimum atomic E-state index is 0.111. The van der Waals surface area contributed by atoms with E-state index in [1.54, 1.807) is 0 Å².